The number of hydrogen-bond donors (Lipinski definition) is 2. The molecule has 0 aromatic heterocycles. The molecule has 25 heavy (non-hydrogen) atoms. The summed E-state index contributed by atoms with van der Waals surface area (Å²) in [4.78, 5) is 23.6. The van der Waals surface area contributed by atoms with Gasteiger partial charge in [0.25, 0.3) is 5.91 Å². The van der Waals surface area contributed by atoms with Gasteiger partial charge in [0.2, 0.25) is 0 Å². The van der Waals surface area contributed by atoms with E-state index >= 15 is 0 Å². The Labute approximate surface area is 142 Å². The summed E-state index contributed by atoms with van der Waals surface area (Å²) in [6.07, 6.45) is -4.55. The van der Waals surface area contributed by atoms with E-state index in [9.17, 15) is 27.9 Å². The van der Waals surface area contributed by atoms with E-state index in [1.54, 1.807) is 18.2 Å². The zero-order chi connectivity index (χ0) is 18.6. The molecule has 0 saturated carbocycles. The third kappa shape index (κ3) is 4.82. The Bertz CT molecular complexity index is 787. The number of hydrogen-bond acceptors (Lipinski definition) is 2. The summed E-state index contributed by atoms with van der Waals surface area (Å²) in [6, 6.07) is 9.70. The van der Waals surface area contributed by atoms with Gasteiger partial charge in [-0.25, -0.2) is 4.79 Å². The van der Waals surface area contributed by atoms with Crippen LogP contribution in [0.25, 0.3) is 0 Å². The molecule has 2 aromatic rings. The smallest absolute Gasteiger partial charge is 0.416 e. The molecule has 1 amide bonds. The molecule has 0 aliphatic carbocycles. The molecule has 0 saturated heterocycles. The van der Waals surface area contributed by atoms with E-state index < -0.39 is 29.7 Å². The van der Waals surface area contributed by atoms with Crippen LogP contribution >= 0.6 is 0 Å². The number of aliphatic carboxylic acids is 1. The summed E-state index contributed by atoms with van der Waals surface area (Å²) in [6.45, 7) is 1.81. The summed E-state index contributed by atoms with van der Waals surface area (Å²) in [7, 11) is 0. The fraction of sp³-hybridized carbons (Fsp3) is 0.222. The number of carbonyl (C=O) groups is 2. The molecule has 0 radical (unpaired) electrons. The summed E-state index contributed by atoms with van der Waals surface area (Å²) in [5.41, 5.74) is 0.387. The van der Waals surface area contributed by atoms with Crippen LogP contribution in [0.1, 0.15) is 27.0 Å². The summed E-state index contributed by atoms with van der Waals surface area (Å²) < 4.78 is 38.2. The molecule has 1 atom stereocenters. The molecule has 0 aliphatic rings. The predicted octanol–water partition coefficient (Wildman–Crippen LogP) is 3.44. The lowest BCUT2D eigenvalue weighted by atomic mass is 10.0. The number of benzene rings is 2. The van der Waals surface area contributed by atoms with Crippen LogP contribution in [0.3, 0.4) is 0 Å². The van der Waals surface area contributed by atoms with Crippen molar-refractivity contribution >= 4 is 11.9 Å². The number of alkyl halides is 3. The van der Waals surface area contributed by atoms with Crippen molar-refractivity contribution in [3.63, 3.8) is 0 Å². The Hall–Kier alpha value is -2.83. The SMILES string of the molecule is Cc1ccccc1C[C@@H](NC(=O)c1cccc(C(F)(F)F)c1)C(=O)O. The van der Waals surface area contributed by atoms with Gasteiger partial charge in [0.15, 0.2) is 0 Å². The van der Waals surface area contributed by atoms with Gasteiger partial charge in [-0.3, -0.25) is 4.79 Å². The Morgan fingerprint density at radius 2 is 1.80 bits per heavy atom. The second-order valence-electron chi connectivity index (χ2n) is 5.57. The molecule has 0 heterocycles. The molecule has 2 rings (SSSR count). The predicted molar refractivity (Wildman–Crippen MR) is 85.2 cm³/mol. The Kier molecular flexibility index (Phi) is 5.46. The highest BCUT2D eigenvalue weighted by molar-refractivity contribution is 5.96. The van der Waals surface area contributed by atoms with Crippen LogP contribution in [0.4, 0.5) is 13.2 Å². The molecule has 2 N–H and O–H groups in total. The molecule has 0 fully saturated rings. The molecule has 4 nitrogen and oxygen atoms in total. The standard InChI is InChI=1S/C18H16F3NO3/c1-11-5-2-3-6-12(11)10-15(17(24)25)22-16(23)13-7-4-8-14(9-13)18(19,20)21/h2-9,15H,10H2,1H3,(H,22,23)(H,24,25)/t15-/m1/s1. The quantitative estimate of drug-likeness (QED) is 0.867. The minimum atomic E-state index is -4.58. The van der Waals surface area contributed by atoms with Gasteiger partial charge in [-0.15, -0.1) is 0 Å². The first-order valence-corrected chi connectivity index (χ1v) is 7.44. The second kappa shape index (κ2) is 7.38. The van der Waals surface area contributed by atoms with Crippen LogP contribution in [-0.2, 0) is 17.4 Å². The normalized spacial score (nSPS) is 12.5. The van der Waals surface area contributed by atoms with Gasteiger partial charge >= 0.3 is 12.1 Å². The van der Waals surface area contributed by atoms with Gasteiger partial charge in [-0.1, -0.05) is 30.3 Å². The zero-order valence-corrected chi connectivity index (χ0v) is 13.3. The van der Waals surface area contributed by atoms with E-state index in [1.807, 2.05) is 13.0 Å². The van der Waals surface area contributed by atoms with Crippen LogP contribution in [0, 0.1) is 6.92 Å². The first kappa shape index (κ1) is 18.5. The van der Waals surface area contributed by atoms with Crippen molar-refractivity contribution in [3.8, 4) is 0 Å². The minimum absolute atomic E-state index is 0.0344. The van der Waals surface area contributed by atoms with Gasteiger partial charge in [0.05, 0.1) is 5.56 Å². The number of aryl methyl sites for hydroxylation is 1. The van der Waals surface area contributed by atoms with Crippen LogP contribution in [0.15, 0.2) is 48.5 Å². The van der Waals surface area contributed by atoms with E-state index in [0.29, 0.717) is 6.07 Å². The number of amides is 1. The molecule has 0 bridgehead atoms. The van der Waals surface area contributed by atoms with Crippen LogP contribution in [0.2, 0.25) is 0 Å². The third-order valence-corrected chi connectivity index (χ3v) is 3.74. The first-order chi connectivity index (χ1) is 11.7. The van der Waals surface area contributed by atoms with Gasteiger partial charge in [0, 0.05) is 12.0 Å². The third-order valence-electron chi connectivity index (χ3n) is 3.74. The zero-order valence-electron chi connectivity index (χ0n) is 13.3. The highest BCUT2D eigenvalue weighted by atomic mass is 19.4. The van der Waals surface area contributed by atoms with Gasteiger partial charge in [-0.05, 0) is 36.2 Å². The summed E-state index contributed by atoms with van der Waals surface area (Å²) in [5, 5.41) is 11.6. The molecule has 0 unspecified atom stereocenters. The molecular weight excluding hydrogens is 335 g/mol. The van der Waals surface area contributed by atoms with Crippen molar-refractivity contribution in [3.05, 3.63) is 70.8 Å². The van der Waals surface area contributed by atoms with E-state index in [1.165, 1.54) is 6.07 Å². The Balaban J connectivity index is 2.18. The average molecular weight is 351 g/mol. The first-order valence-electron chi connectivity index (χ1n) is 7.44. The van der Waals surface area contributed by atoms with Gasteiger partial charge < -0.3 is 10.4 Å². The van der Waals surface area contributed by atoms with Crippen molar-refractivity contribution in [1.29, 1.82) is 0 Å². The van der Waals surface area contributed by atoms with E-state index in [4.69, 9.17) is 0 Å². The lowest BCUT2D eigenvalue weighted by Gasteiger charge is -2.16. The highest BCUT2D eigenvalue weighted by Gasteiger charge is 2.31. The molecule has 2 aromatic carbocycles. The average Bonchev–Trinajstić information content (AvgIpc) is 2.55. The lowest BCUT2D eigenvalue weighted by Crippen LogP contribution is -2.42. The highest BCUT2D eigenvalue weighted by Crippen LogP contribution is 2.29. The van der Waals surface area contributed by atoms with Crippen LogP contribution in [0.5, 0.6) is 0 Å². The fourth-order valence-electron chi connectivity index (χ4n) is 2.34. The number of rotatable bonds is 5. The number of carboxylic acid groups (broad SMARTS) is 1. The van der Waals surface area contributed by atoms with E-state index in [2.05, 4.69) is 5.32 Å². The van der Waals surface area contributed by atoms with Crippen LogP contribution < -0.4 is 5.32 Å². The number of halogens is 3. The van der Waals surface area contributed by atoms with Crippen molar-refractivity contribution in [2.24, 2.45) is 0 Å². The maximum Gasteiger partial charge on any atom is 0.416 e. The van der Waals surface area contributed by atoms with Gasteiger partial charge in [-0.2, -0.15) is 13.2 Å². The van der Waals surface area contributed by atoms with Crippen LogP contribution in [-0.4, -0.2) is 23.0 Å². The summed E-state index contributed by atoms with van der Waals surface area (Å²) >= 11 is 0. The Morgan fingerprint density at radius 1 is 1.12 bits per heavy atom. The van der Waals surface area contributed by atoms with Crippen molar-refractivity contribution in [2.45, 2.75) is 25.6 Å². The van der Waals surface area contributed by atoms with E-state index in [0.717, 1.165) is 23.3 Å². The van der Waals surface area contributed by atoms with Crippen molar-refractivity contribution in [1.82, 2.24) is 5.32 Å². The lowest BCUT2D eigenvalue weighted by molar-refractivity contribution is -0.139. The van der Waals surface area contributed by atoms with Crippen molar-refractivity contribution in [2.75, 3.05) is 0 Å². The topological polar surface area (TPSA) is 66.4 Å². The molecule has 0 spiro atoms. The van der Waals surface area contributed by atoms with Crippen molar-refractivity contribution < 1.29 is 27.9 Å². The van der Waals surface area contributed by atoms with E-state index in [-0.39, 0.29) is 12.0 Å². The van der Waals surface area contributed by atoms with Gasteiger partial charge in [0.1, 0.15) is 6.04 Å². The maximum absolute atomic E-state index is 12.7. The minimum Gasteiger partial charge on any atom is -0.480 e. The number of carboxylic acids is 1. The molecule has 7 heteroatoms. The molecular formula is C18H16F3NO3. The monoisotopic (exact) mass is 351 g/mol. The maximum atomic E-state index is 12.7. The molecule has 0 aliphatic heterocycles. The largest absolute Gasteiger partial charge is 0.480 e. The number of carbonyl (C=O) groups excluding carboxylic acids is 1. The number of nitrogens with one attached hydrogen (secondary N) is 1. The molecule has 132 valence electrons. The Morgan fingerprint density at radius 3 is 2.40 bits per heavy atom. The fourth-order valence-corrected chi connectivity index (χ4v) is 2.34. The summed E-state index contributed by atoms with van der Waals surface area (Å²) in [5.74, 6) is -2.13. The second-order valence-corrected chi connectivity index (χ2v) is 5.57.